The number of sulfone groups is 1. The Morgan fingerprint density at radius 1 is 1.35 bits per heavy atom. The number of hydrogen-bond donors (Lipinski definition) is 1. The SMILES string of the molecule is CC1(C)CN(C2CCCC(S(C)(=O)=O)C2)CC(CO)O1. The van der Waals surface area contributed by atoms with E-state index in [1.54, 1.807) is 0 Å². The number of aliphatic hydroxyl groups excluding tert-OH is 1. The summed E-state index contributed by atoms with van der Waals surface area (Å²) in [4.78, 5) is 2.32. The highest BCUT2D eigenvalue weighted by molar-refractivity contribution is 7.91. The monoisotopic (exact) mass is 305 g/mol. The lowest BCUT2D eigenvalue weighted by atomic mass is 9.91. The van der Waals surface area contributed by atoms with Gasteiger partial charge in [-0.2, -0.15) is 0 Å². The molecule has 2 fully saturated rings. The van der Waals surface area contributed by atoms with Gasteiger partial charge in [0.05, 0.1) is 23.6 Å². The third kappa shape index (κ3) is 3.93. The van der Waals surface area contributed by atoms with Crippen molar-refractivity contribution in [2.45, 2.75) is 62.5 Å². The van der Waals surface area contributed by atoms with Gasteiger partial charge in [-0.15, -0.1) is 0 Å². The van der Waals surface area contributed by atoms with Crippen LogP contribution in [0.2, 0.25) is 0 Å². The molecule has 0 bridgehead atoms. The molecule has 0 radical (unpaired) electrons. The molecule has 1 saturated carbocycles. The van der Waals surface area contributed by atoms with Crippen molar-refractivity contribution in [3.63, 3.8) is 0 Å². The van der Waals surface area contributed by atoms with E-state index in [1.807, 2.05) is 13.8 Å². The molecule has 3 unspecified atom stereocenters. The Hall–Kier alpha value is -0.170. The van der Waals surface area contributed by atoms with Crippen molar-refractivity contribution < 1.29 is 18.3 Å². The van der Waals surface area contributed by atoms with Crippen LogP contribution in [-0.2, 0) is 14.6 Å². The van der Waals surface area contributed by atoms with E-state index in [2.05, 4.69) is 4.90 Å². The van der Waals surface area contributed by atoms with E-state index < -0.39 is 9.84 Å². The molecule has 0 spiro atoms. The lowest BCUT2D eigenvalue weighted by Gasteiger charge is -2.47. The normalized spacial score (nSPS) is 35.9. The van der Waals surface area contributed by atoms with Crippen molar-refractivity contribution in [2.75, 3.05) is 26.0 Å². The third-order valence-electron chi connectivity index (χ3n) is 4.43. The molecular weight excluding hydrogens is 278 g/mol. The van der Waals surface area contributed by atoms with Crippen molar-refractivity contribution in [2.24, 2.45) is 0 Å². The summed E-state index contributed by atoms with van der Waals surface area (Å²) in [6.45, 7) is 5.56. The van der Waals surface area contributed by atoms with Gasteiger partial charge in [-0.05, 0) is 33.1 Å². The van der Waals surface area contributed by atoms with Crippen LogP contribution in [0.25, 0.3) is 0 Å². The molecule has 5 nitrogen and oxygen atoms in total. The maximum atomic E-state index is 11.8. The van der Waals surface area contributed by atoms with Crippen molar-refractivity contribution in [1.29, 1.82) is 0 Å². The van der Waals surface area contributed by atoms with E-state index in [0.717, 1.165) is 25.8 Å². The predicted octanol–water partition coefficient (Wildman–Crippen LogP) is 0.814. The van der Waals surface area contributed by atoms with E-state index in [1.165, 1.54) is 6.26 Å². The van der Waals surface area contributed by atoms with Gasteiger partial charge >= 0.3 is 0 Å². The number of morpholine rings is 1. The summed E-state index contributed by atoms with van der Waals surface area (Å²) in [5.74, 6) is 0. The smallest absolute Gasteiger partial charge is 0.150 e. The van der Waals surface area contributed by atoms with E-state index in [4.69, 9.17) is 4.74 Å². The Morgan fingerprint density at radius 3 is 2.65 bits per heavy atom. The van der Waals surface area contributed by atoms with Crippen LogP contribution in [0.5, 0.6) is 0 Å². The first-order valence-corrected chi connectivity index (χ1v) is 9.38. The second-order valence-electron chi connectivity index (χ2n) is 6.88. The van der Waals surface area contributed by atoms with Gasteiger partial charge in [0.15, 0.2) is 0 Å². The zero-order valence-corrected chi connectivity index (χ0v) is 13.5. The molecule has 0 aromatic heterocycles. The lowest BCUT2D eigenvalue weighted by molar-refractivity contribution is -0.158. The highest BCUT2D eigenvalue weighted by Crippen LogP contribution is 2.31. The maximum Gasteiger partial charge on any atom is 0.150 e. The van der Waals surface area contributed by atoms with E-state index in [-0.39, 0.29) is 23.6 Å². The van der Waals surface area contributed by atoms with Gasteiger partial charge in [0.2, 0.25) is 0 Å². The first-order chi connectivity index (χ1) is 9.21. The van der Waals surface area contributed by atoms with E-state index in [0.29, 0.717) is 19.0 Å². The molecule has 6 heteroatoms. The Labute approximate surface area is 122 Å². The molecule has 118 valence electrons. The van der Waals surface area contributed by atoms with Gasteiger partial charge in [0.25, 0.3) is 0 Å². The number of nitrogens with zero attached hydrogens (tertiary/aromatic N) is 1. The second kappa shape index (κ2) is 5.91. The summed E-state index contributed by atoms with van der Waals surface area (Å²) < 4.78 is 29.4. The zero-order chi connectivity index (χ0) is 15.0. The molecule has 1 N–H and O–H groups in total. The Kier molecular flexibility index (Phi) is 4.79. The molecule has 0 amide bonds. The maximum absolute atomic E-state index is 11.8. The molecule has 20 heavy (non-hydrogen) atoms. The number of ether oxygens (including phenoxy) is 1. The van der Waals surface area contributed by atoms with Crippen LogP contribution in [0.4, 0.5) is 0 Å². The van der Waals surface area contributed by atoms with Crippen molar-refractivity contribution >= 4 is 9.84 Å². The van der Waals surface area contributed by atoms with Crippen LogP contribution in [0.3, 0.4) is 0 Å². The van der Waals surface area contributed by atoms with Gasteiger partial charge in [-0.3, -0.25) is 4.90 Å². The molecule has 1 aliphatic carbocycles. The molecule has 2 rings (SSSR count). The summed E-state index contributed by atoms with van der Waals surface area (Å²) in [7, 11) is -2.95. The highest BCUT2D eigenvalue weighted by atomic mass is 32.2. The minimum atomic E-state index is -2.95. The summed E-state index contributed by atoms with van der Waals surface area (Å²) in [5.41, 5.74) is -0.288. The van der Waals surface area contributed by atoms with Crippen LogP contribution < -0.4 is 0 Å². The van der Waals surface area contributed by atoms with Gasteiger partial charge in [-0.25, -0.2) is 8.42 Å². The molecule has 1 heterocycles. The van der Waals surface area contributed by atoms with Gasteiger partial charge in [-0.1, -0.05) is 6.42 Å². The second-order valence-corrected chi connectivity index (χ2v) is 9.21. The van der Waals surface area contributed by atoms with Crippen LogP contribution in [0, 0.1) is 0 Å². The van der Waals surface area contributed by atoms with Crippen LogP contribution >= 0.6 is 0 Å². The first-order valence-electron chi connectivity index (χ1n) is 7.43. The topological polar surface area (TPSA) is 66.8 Å². The van der Waals surface area contributed by atoms with Gasteiger partial charge in [0, 0.05) is 25.4 Å². The Balaban J connectivity index is 2.06. The fourth-order valence-corrected chi connectivity index (χ4v) is 4.72. The largest absolute Gasteiger partial charge is 0.394 e. The van der Waals surface area contributed by atoms with E-state index >= 15 is 0 Å². The summed E-state index contributed by atoms with van der Waals surface area (Å²) in [5, 5.41) is 9.16. The molecule has 0 aromatic rings. The molecule has 3 atom stereocenters. The number of rotatable bonds is 3. The van der Waals surface area contributed by atoms with Crippen molar-refractivity contribution in [3.05, 3.63) is 0 Å². The predicted molar refractivity (Wildman–Crippen MR) is 78.5 cm³/mol. The fourth-order valence-electron chi connectivity index (χ4n) is 3.55. The fraction of sp³-hybridized carbons (Fsp3) is 1.00. The first kappa shape index (κ1) is 16.2. The van der Waals surface area contributed by atoms with Crippen molar-refractivity contribution in [3.8, 4) is 0 Å². The summed E-state index contributed by atoms with van der Waals surface area (Å²) >= 11 is 0. The van der Waals surface area contributed by atoms with Crippen LogP contribution in [0.15, 0.2) is 0 Å². The molecular formula is C14H27NO4S. The minimum Gasteiger partial charge on any atom is -0.394 e. The van der Waals surface area contributed by atoms with Crippen LogP contribution in [-0.4, -0.2) is 67.4 Å². The Morgan fingerprint density at radius 2 is 2.05 bits per heavy atom. The number of hydrogen-bond acceptors (Lipinski definition) is 5. The third-order valence-corrected chi connectivity index (χ3v) is 6.07. The minimum absolute atomic E-state index is 0.0160. The van der Waals surface area contributed by atoms with Crippen LogP contribution in [0.1, 0.15) is 39.5 Å². The van der Waals surface area contributed by atoms with Gasteiger partial charge in [0.1, 0.15) is 9.84 Å². The average molecular weight is 305 g/mol. The quantitative estimate of drug-likeness (QED) is 0.836. The standard InChI is InChI=1S/C14H27NO4S/c1-14(2)10-15(8-12(9-16)19-14)11-5-4-6-13(7-11)20(3,17)18/h11-13,16H,4-10H2,1-3H3. The van der Waals surface area contributed by atoms with Gasteiger partial charge < -0.3 is 9.84 Å². The molecule has 2 aliphatic rings. The average Bonchev–Trinajstić information content (AvgIpc) is 2.36. The molecule has 1 aliphatic heterocycles. The summed E-state index contributed by atoms with van der Waals surface area (Å²) in [6.07, 6.45) is 4.68. The summed E-state index contributed by atoms with van der Waals surface area (Å²) in [6, 6.07) is 0.292. The number of aliphatic hydroxyl groups is 1. The van der Waals surface area contributed by atoms with E-state index in [9.17, 15) is 13.5 Å². The Bertz CT molecular complexity index is 434. The zero-order valence-electron chi connectivity index (χ0n) is 12.7. The lowest BCUT2D eigenvalue weighted by Crippen LogP contribution is -2.57. The molecule has 1 saturated heterocycles. The molecule has 0 aromatic carbocycles. The highest BCUT2D eigenvalue weighted by Gasteiger charge is 2.39. The van der Waals surface area contributed by atoms with Crippen molar-refractivity contribution in [1.82, 2.24) is 4.90 Å².